The van der Waals surface area contributed by atoms with E-state index in [1.54, 1.807) is 24.3 Å². The molecule has 102 valence electrons. The second-order valence-corrected chi connectivity index (χ2v) is 5.45. The molecule has 0 spiro atoms. The van der Waals surface area contributed by atoms with Gasteiger partial charge >= 0.3 is 0 Å². The minimum absolute atomic E-state index is 0.167. The first-order valence-corrected chi connectivity index (χ1v) is 6.46. The molecule has 0 aromatic heterocycles. The van der Waals surface area contributed by atoms with Crippen LogP contribution in [-0.4, -0.2) is 10.7 Å². The van der Waals surface area contributed by atoms with Crippen molar-refractivity contribution in [1.29, 1.82) is 0 Å². The van der Waals surface area contributed by atoms with Crippen LogP contribution in [0.25, 0.3) is 5.57 Å². The Hall–Kier alpha value is -2.29. The van der Waals surface area contributed by atoms with Crippen molar-refractivity contribution < 1.29 is 14.2 Å². The summed E-state index contributed by atoms with van der Waals surface area (Å²) in [5.74, 6) is 0.545. The zero-order valence-corrected chi connectivity index (χ0v) is 11.4. The third-order valence-corrected chi connectivity index (χ3v) is 3.28. The maximum atomic E-state index is 13.1. The molecular formula is C17H15FO2. The second kappa shape index (κ2) is 4.37. The molecule has 1 aliphatic rings. The van der Waals surface area contributed by atoms with Gasteiger partial charge in [0.05, 0.1) is 0 Å². The SMILES string of the molecule is CC1(C)C=C(c2ccc(F)cc2)c2ccc(O)cc2O1. The highest BCUT2D eigenvalue weighted by atomic mass is 19.1. The summed E-state index contributed by atoms with van der Waals surface area (Å²) in [6.45, 7) is 3.90. The van der Waals surface area contributed by atoms with Gasteiger partial charge in [0, 0.05) is 11.6 Å². The number of rotatable bonds is 1. The molecule has 0 radical (unpaired) electrons. The van der Waals surface area contributed by atoms with Crippen molar-refractivity contribution in [2.24, 2.45) is 0 Å². The van der Waals surface area contributed by atoms with Crippen LogP contribution < -0.4 is 4.74 Å². The van der Waals surface area contributed by atoms with E-state index in [0.717, 1.165) is 16.7 Å². The summed E-state index contributed by atoms with van der Waals surface area (Å²) in [7, 11) is 0. The van der Waals surface area contributed by atoms with Crippen molar-refractivity contribution >= 4 is 5.57 Å². The molecule has 3 heteroatoms. The number of fused-ring (bicyclic) bond motifs is 1. The summed E-state index contributed by atoms with van der Waals surface area (Å²) in [6, 6.07) is 11.4. The molecule has 1 aliphatic heterocycles. The lowest BCUT2D eigenvalue weighted by molar-refractivity contribution is 0.157. The van der Waals surface area contributed by atoms with Crippen LogP contribution in [0.15, 0.2) is 48.5 Å². The van der Waals surface area contributed by atoms with Gasteiger partial charge in [-0.25, -0.2) is 4.39 Å². The summed E-state index contributed by atoms with van der Waals surface area (Å²) >= 11 is 0. The Morgan fingerprint density at radius 1 is 1.05 bits per heavy atom. The Labute approximate surface area is 117 Å². The number of aromatic hydroxyl groups is 1. The van der Waals surface area contributed by atoms with Crippen LogP contribution in [0, 0.1) is 5.82 Å². The van der Waals surface area contributed by atoms with E-state index < -0.39 is 5.60 Å². The molecule has 0 amide bonds. The van der Waals surface area contributed by atoms with Crippen molar-refractivity contribution in [3.63, 3.8) is 0 Å². The number of hydrogen-bond donors (Lipinski definition) is 1. The van der Waals surface area contributed by atoms with Crippen LogP contribution in [0.5, 0.6) is 11.5 Å². The Bertz CT molecular complexity index is 685. The molecule has 2 aromatic rings. The predicted octanol–water partition coefficient (Wildman–Crippen LogP) is 4.13. The van der Waals surface area contributed by atoms with Gasteiger partial charge in [0.25, 0.3) is 0 Å². The van der Waals surface area contributed by atoms with Gasteiger partial charge in [-0.15, -0.1) is 0 Å². The lowest BCUT2D eigenvalue weighted by Gasteiger charge is -2.31. The zero-order valence-electron chi connectivity index (χ0n) is 11.4. The number of benzene rings is 2. The van der Waals surface area contributed by atoms with Gasteiger partial charge in [-0.05, 0) is 55.3 Å². The highest BCUT2D eigenvalue weighted by Gasteiger charge is 2.27. The maximum absolute atomic E-state index is 13.1. The maximum Gasteiger partial charge on any atom is 0.132 e. The van der Waals surface area contributed by atoms with E-state index in [0.29, 0.717) is 5.75 Å². The molecule has 2 aromatic carbocycles. The number of halogens is 1. The van der Waals surface area contributed by atoms with Crippen molar-refractivity contribution in [2.75, 3.05) is 0 Å². The summed E-state index contributed by atoms with van der Waals surface area (Å²) in [5, 5.41) is 9.60. The van der Waals surface area contributed by atoms with Crippen molar-refractivity contribution in [3.8, 4) is 11.5 Å². The number of phenolic OH excluding ortho intramolecular Hbond substituents is 1. The van der Waals surface area contributed by atoms with Crippen LogP contribution >= 0.6 is 0 Å². The molecule has 0 unspecified atom stereocenters. The van der Waals surface area contributed by atoms with Crippen LogP contribution in [0.4, 0.5) is 4.39 Å². The third kappa shape index (κ3) is 2.27. The first-order valence-electron chi connectivity index (χ1n) is 6.46. The molecule has 1 heterocycles. The fourth-order valence-electron chi connectivity index (χ4n) is 2.42. The van der Waals surface area contributed by atoms with Gasteiger partial charge in [0.15, 0.2) is 0 Å². The Kier molecular flexibility index (Phi) is 2.78. The summed E-state index contributed by atoms with van der Waals surface area (Å²) in [4.78, 5) is 0. The van der Waals surface area contributed by atoms with Crippen LogP contribution in [-0.2, 0) is 0 Å². The average Bonchev–Trinajstić information content (AvgIpc) is 2.37. The molecule has 0 saturated heterocycles. The predicted molar refractivity (Wildman–Crippen MR) is 76.3 cm³/mol. The van der Waals surface area contributed by atoms with Crippen molar-refractivity contribution in [2.45, 2.75) is 19.4 Å². The Balaban J connectivity index is 2.18. The van der Waals surface area contributed by atoms with Crippen molar-refractivity contribution in [3.05, 3.63) is 65.5 Å². The molecule has 0 bridgehead atoms. The highest BCUT2D eigenvalue weighted by molar-refractivity contribution is 5.85. The van der Waals surface area contributed by atoms with Gasteiger partial charge in [-0.2, -0.15) is 0 Å². The molecule has 0 fully saturated rings. The van der Waals surface area contributed by atoms with E-state index in [9.17, 15) is 9.50 Å². The number of ether oxygens (including phenoxy) is 1. The van der Waals surface area contributed by atoms with Gasteiger partial charge in [0.2, 0.25) is 0 Å². The zero-order chi connectivity index (χ0) is 14.3. The fraction of sp³-hybridized carbons (Fsp3) is 0.176. The van der Waals surface area contributed by atoms with Gasteiger partial charge in [-0.1, -0.05) is 12.1 Å². The molecule has 1 N–H and O–H groups in total. The molecule has 2 nitrogen and oxygen atoms in total. The first-order chi connectivity index (χ1) is 9.44. The van der Waals surface area contributed by atoms with Crippen molar-refractivity contribution in [1.82, 2.24) is 0 Å². The number of hydrogen-bond acceptors (Lipinski definition) is 2. The van der Waals surface area contributed by atoms with Gasteiger partial charge in [-0.3, -0.25) is 0 Å². The topological polar surface area (TPSA) is 29.5 Å². The smallest absolute Gasteiger partial charge is 0.132 e. The average molecular weight is 270 g/mol. The van der Waals surface area contributed by atoms with Gasteiger partial charge in [0.1, 0.15) is 22.9 Å². The van der Waals surface area contributed by atoms with Gasteiger partial charge < -0.3 is 9.84 Å². The fourth-order valence-corrected chi connectivity index (χ4v) is 2.42. The molecule has 3 rings (SSSR count). The van der Waals surface area contributed by atoms with Crippen LogP contribution in [0.2, 0.25) is 0 Å². The van der Waals surface area contributed by atoms with E-state index in [-0.39, 0.29) is 11.6 Å². The van der Waals surface area contributed by atoms with Crippen LogP contribution in [0.3, 0.4) is 0 Å². The molecular weight excluding hydrogens is 255 g/mol. The van der Waals surface area contributed by atoms with E-state index in [1.165, 1.54) is 12.1 Å². The lowest BCUT2D eigenvalue weighted by atomic mass is 9.90. The first kappa shape index (κ1) is 12.7. The van der Waals surface area contributed by atoms with Crippen LogP contribution in [0.1, 0.15) is 25.0 Å². The summed E-state index contributed by atoms with van der Waals surface area (Å²) in [6.07, 6.45) is 2.01. The summed E-state index contributed by atoms with van der Waals surface area (Å²) < 4.78 is 18.9. The molecule has 0 aliphatic carbocycles. The monoisotopic (exact) mass is 270 g/mol. The second-order valence-electron chi connectivity index (χ2n) is 5.45. The van der Waals surface area contributed by atoms with E-state index >= 15 is 0 Å². The summed E-state index contributed by atoms with van der Waals surface area (Å²) in [5.41, 5.74) is 2.32. The largest absolute Gasteiger partial charge is 0.508 e. The minimum atomic E-state index is -0.482. The quantitative estimate of drug-likeness (QED) is 0.844. The van der Waals surface area contributed by atoms with E-state index in [4.69, 9.17) is 4.74 Å². The molecule has 20 heavy (non-hydrogen) atoms. The normalized spacial score (nSPS) is 16.1. The Morgan fingerprint density at radius 2 is 1.75 bits per heavy atom. The minimum Gasteiger partial charge on any atom is -0.508 e. The standard InChI is InChI=1S/C17H15FO2/c1-17(2)10-15(11-3-5-12(18)6-4-11)14-8-7-13(19)9-16(14)20-17/h3-10,19H,1-2H3. The highest BCUT2D eigenvalue weighted by Crippen LogP contribution is 2.40. The van der Waals surface area contributed by atoms with E-state index in [2.05, 4.69) is 0 Å². The Morgan fingerprint density at radius 3 is 2.45 bits per heavy atom. The third-order valence-electron chi connectivity index (χ3n) is 3.28. The van der Waals surface area contributed by atoms with E-state index in [1.807, 2.05) is 26.0 Å². The number of phenols is 1. The molecule has 0 saturated carbocycles. The lowest BCUT2D eigenvalue weighted by Crippen LogP contribution is -2.29. The molecule has 0 atom stereocenters.